The number of aryl methyl sites for hydroxylation is 1. The number of carboxylic acid groups (broad SMARTS) is 1. The lowest BCUT2D eigenvalue weighted by Crippen LogP contribution is -2.23. The second-order valence-corrected chi connectivity index (χ2v) is 6.22. The first-order valence-corrected chi connectivity index (χ1v) is 7.70. The topological polar surface area (TPSA) is 63.3 Å². The molecule has 1 aliphatic rings. The quantitative estimate of drug-likeness (QED) is 0.903. The van der Waals surface area contributed by atoms with Crippen LogP contribution in [0, 0.1) is 5.41 Å². The highest BCUT2D eigenvalue weighted by atomic mass is 16.4. The number of hydrogen-bond acceptors (Lipinski definition) is 3. The summed E-state index contributed by atoms with van der Waals surface area (Å²) in [5, 5.41) is 9.17. The molecule has 0 bridgehead atoms. The van der Waals surface area contributed by atoms with Crippen molar-refractivity contribution in [3.63, 3.8) is 0 Å². The Bertz CT molecular complexity index is 653. The first-order valence-electron chi connectivity index (χ1n) is 7.70. The second-order valence-electron chi connectivity index (χ2n) is 6.22. The fourth-order valence-electron chi connectivity index (χ4n) is 3.50. The highest BCUT2D eigenvalue weighted by Crippen LogP contribution is 2.44. The van der Waals surface area contributed by atoms with E-state index in [1.807, 2.05) is 6.07 Å². The largest absolute Gasteiger partial charge is 0.481 e. The molecule has 1 aliphatic carbocycles. The summed E-state index contributed by atoms with van der Waals surface area (Å²) < 4.78 is 5.83. The maximum Gasteiger partial charge on any atom is 0.303 e. The monoisotopic (exact) mass is 287 g/mol. The Hall–Kier alpha value is -1.84. The van der Waals surface area contributed by atoms with Crippen LogP contribution in [0.5, 0.6) is 0 Å². The molecule has 4 nitrogen and oxygen atoms in total. The Kier molecular flexibility index (Phi) is 3.70. The third-order valence-corrected chi connectivity index (χ3v) is 4.62. The standard InChI is InChI=1S/C17H21NO3/c1-2-12-5-6-14-13(9-12)18-15(21-14)10-17(11-16(19)20)7-3-4-8-17/h5-6,9H,2-4,7-8,10-11H2,1H3,(H,19,20). The lowest BCUT2D eigenvalue weighted by Gasteiger charge is -2.25. The zero-order chi connectivity index (χ0) is 14.9. The van der Waals surface area contributed by atoms with Crippen LogP contribution < -0.4 is 0 Å². The van der Waals surface area contributed by atoms with Gasteiger partial charge in [-0.2, -0.15) is 0 Å². The molecule has 21 heavy (non-hydrogen) atoms. The predicted molar refractivity (Wildman–Crippen MR) is 80.2 cm³/mol. The number of hydrogen-bond donors (Lipinski definition) is 1. The summed E-state index contributed by atoms with van der Waals surface area (Å²) in [6.45, 7) is 2.11. The Labute approximate surface area is 124 Å². The molecule has 0 aliphatic heterocycles. The average molecular weight is 287 g/mol. The van der Waals surface area contributed by atoms with Crippen LogP contribution in [0.15, 0.2) is 22.6 Å². The number of oxazole rings is 1. The molecule has 1 aromatic heterocycles. The molecule has 112 valence electrons. The normalized spacial score (nSPS) is 17.4. The van der Waals surface area contributed by atoms with E-state index in [1.165, 1.54) is 5.56 Å². The summed E-state index contributed by atoms with van der Waals surface area (Å²) in [5.74, 6) is -0.0392. The van der Waals surface area contributed by atoms with Crippen LogP contribution in [-0.4, -0.2) is 16.1 Å². The predicted octanol–water partition coefficient (Wildman–Crippen LogP) is 3.97. The Balaban J connectivity index is 1.87. The summed E-state index contributed by atoms with van der Waals surface area (Å²) in [6.07, 6.45) is 5.94. The molecule has 1 N–H and O–H groups in total. The Morgan fingerprint density at radius 2 is 2.14 bits per heavy atom. The number of rotatable bonds is 5. The van der Waals surface area contributed by atoms with Crippen molar-refractivity contribution < 1.29 is 14.3 Å². The highest BCUT2D eigenvalue weighted by Gasteiger charge is 2.37. The molecule has 4 heteroatoms. The van der Waals surface area contributed by atoms with E-state index in [0.717, 1.165) is 43.2 Å². The summed E-state index contributed by atoms with van der Waals surface area (Å²) in [7, 11) is 0. The van der Waals surface area contributed by atoms with Crippen LogP contribution >= 0.6 is 0 Å². The van der Waals surface area contributed by atoms with E-state index >= 15 is 0 Å². The van der Waals surface area contributed by atoms with E-state index in [1.54, 1.807) is 0 Å². The fourth-order valence-corrected chi connectivity index (χ4v) is 3.50. The maximum atomic E-state index is 11.2. The van der Waals surface area contributed by atoms with Gasteiger partial charge in [0.1, 0.15) is 5.52 Å². The SMILES string of the molecule is CCc1ccc2oc(CC3(CC(=O)O)CCCC3)nc2c1. The van der Waals surface area contributed by atoms with Crippen molar-refractivity contribution in [1.82, 2.24) is 4.98 Å². The molecule has 0 spiro atoms. The lowest BCUT2D eigenvalue weighted by molar-refractivity contribution is -0.139. The van der Waals surface area contributed by atoms with Gasteiger partial charge in [-0.1, -0.05) is 25.8 Å². The van der Waals surface area contributed by atoms with Crippen LogP contribution in [-0.2, 0) is 17.6 Å². The number of aromatic nitrogens is 1. The van der Waals surface area contributed by atoms with E-state index < -0.39 is 5.97 Å². The number of aliphatic carboxylic acids is 1. The molecule has 0 saturated heterocycles. The van der Waals surface area contributed by atoms with Gasteiger partial charge in [0.15, 0.2) is 11.5 Å². The molecule has 0 unspecified atom stereocenters. The minimum absolute atomic E-state index is 0.166. The van der Waals surface area contributed by atoms with Crippen LogP contribution in [0.2, 0.25) is 0 Å². The van der Waals surface area contributed by atoms with Gasteiger partial charge in [-0.3, -0.25) is 4.79 Å². The Morgan fingerprint density at radius 3 is 2.81 bits per heavy atom. The van der Waals surface area contributed by atoms with E-state index in [-0.39, 0.29) is 11.8 Å². The molecular weight excluding hydrogens is 266 g/mol. The van der Waals surface area contributed by atoms with Crippen molar-refractivity contribution in [2.75, 3.05) is 0 Å². The van der Waals surface area contributed by atoms with Crippen molar-refractivity contribution in [2.45, 2.75) is 51.9 Å². The van der Waals surface area contributed by atoms with Gasteiger partial charge < -0.3 is 9.52 Å². The van der Waals surface area contributed by atoms with Gasteiger partial charge in [0.2, 0.25) is 0 Å². The van der Waals surface area contributed by atoms with E-state index in [2.05, 4.69) is 24.0 Å². The van der Waals surface area contributed by atoms with Crippen LogP contribution in [0.3, 0.4) is 0 Å². The third kappa shape index (κ3) is 2.94. The molecule has 0 atom stereocenters. The molecule has 1 saturated carbocycles. The van der Waals surface area contributed by atoms with Crippen molar-refractivity contribution in [3.8, 4) is 0 Å². The number of nitrogens with zero attached hydrogens (tertiary/aromatic N) is 1. The average Bonchev–Trinajstić information content (AvgIpc) is 3.03. The van der Waals surface area contributed by atoms with Crippen molar-refractivity contribution >= 4 is 17.1 Å². The molecule has 1 fully saturated rings. The summed E-state index contributed by atoms with van der Waals surface area (Å²) >= 11 is 0. The van der Waals surface area contributed by atoms with Crippen molar-refractivity contribution in [1.29, 1.82) is 0 Å². The summed E-state index contributed by atoms with van der Waals surface area (Å²) in [6, 6.07) is 6.07. The molecule has 1 aromatic carbocycles. The smallest absolute Gasteiger partial charge is 0.303 e. The van der Waals surface area contributed by atoms with Crippen LogP contribution in [0.1, 0.15) is 50.5 Å². The van der Waals surface area contributed by atoms with E-state index in [9.17, 15) is 9.90 Å². The summed E-state index contributed by atoms with van der Waals surface area (Å²) in [4.78, 5) is 15.7. The molecule has 0 amide bonds. The lowest BCUT2D eigenvalue weighted by atomic mass is 9.79. The van der Waals surface area contributed by atoms with E-state index in [4.69, 9.17) is 4.42 Å². The number of carboxylic acids is 1. The van der Waals surface area contributed by atoms with Gasteiger partial charge in [0.05, 0.1) is 6.42 Å². The fraction of sp³-hybridized carbons (Fsp3) is 0.529. The van der Waals surface area contributed by atoms with Crippen LogP contribution in [0.4, 0.5) is 0 Å². The zero-order valence-electron chi connectivity index (χ0n) is 12.4. The van der Waals surface area contributed by atoms with Gasteiger partial charge in [-0.05, 0) is 42.4 Å². The molecule has 2 aromatic rings. The minimum Gasteiger partial charge on any atom is -0.481 e. The maximum absolute atomic E-state index is 11.2. The molecular formula is C17H21NO3. The van der Waals surface area contributed by atoms with Gasteiger partial charge in [-0.15, -0.1) is 0 Å². The van der Waals surface area contributed by atoms with Gasteiger partial charge in [0.25, 0.3) is 0 Å². The zero-order valence-corrected chi connectivity index (χ0v) is 12.4. The molecule has 0 radical (unpaired) electrons. The molecule has 1 heterocycles. The second kappa shape index (κ2) is 5.51. The highest BCUT2D eigenvalue weighted by molar-refractivity contribution is 5.73. The first-order chi connectivity index (χ1) is 10.1. The number of carbonyl (C=O) groups is 1. The van der Waals surface area contributed by atoms with Gasteiger partial charge in [0, 0.05) is 6.42 Å². The third-order valence-electron chi connectivity index (χ3n) is 4.62. The van der Waals surface area contributed by atoms with Crippen molar-refractivity contribution in [3.05, 3.63) is 29.7 Å². The van der Waals surface area contributed by atoms with Crippen molar-refractivity contribution in [2.24, 2.45) is 5.41 Å². The van der Waals surface area contributed by atoms with Crippen LogP contribution in [0.25, 0.3) is 11.1 Å². The van der Waals surface area contributed by atoms with E-state index in [0.29, 0.717) is 12.3 Å². The first kappa shape index (κ1) is 14.1. The summed E-state index contributed by atoms with van der Waals surface area (Å²) in [5.41, 5.74) is 2.75. The number of fused-ring (bicyclic) bond motifs is 1. The van der Waals surface area contributed by atoms with Gasteiger partial charge in [-0.25, -0.2) is 4.98 Å². The Morgan fingerprint density at radius 1 is 1.38 bits per heavy atom. The minimum atomic E-state index is -0.721. The number of benzene rings is 1. The van der Waals surface area contributed by atoms with Gasteiger partial charge >= 0.3 is 5.97 Å². The molecule has 3 rings (SSSR count).